The van der Waals surface area contributed by atoms with Crippen molar-refractivity contribution in [2.24, 2.45) is 0 Å². The van der Waals surface area contributed by atoms with Crippen molar-refractivity contribution in [2.45, 2.75) is 0 Å². The third-order valence-corrected chi connectivity index (χ3v) is 2.58. The van der Waals surface area contributed by atoms with Crippen molar-refractivity contribution in [1.82, 2.24) is 15.0 Å². The Morgan fingerprint density at radius 1 is 0.895 bits per heavy atom. The van der Waals surface area contributed by atoms with Gasteiger partial charge in [-0.2, -0.15) is 0 Å². The lowest BCUT2D eigenvalue weighted by Gasteiger charge is -2.04. The van der Waals surface area contributed by atoms with Crippen LogP contribution in [0.3, 0.4) is 0 Å². The lowest BCUT2D eigenvalue weighted by Crippen LogP contribution is -1.98. The molecular formula is C13H6F3N3. The quantitative estimate of drug-likeness (QED) is 0.675. The van der Waals surface area contributed by atoms with Gasteiger partial charge < -0.3 is 0 Å². The highest BCUT2D eigenvalue weighted by atomic mass is 19.1. The van der Waals surface area contributed by atoms with Gasteiger partial charge in [-0.3, -0.25) is 4.98 Å². The van der Waals surface area contributed by atoms with Crippen LogP contribution >= 0.6 is 0 Å². The van der Waals surface area contributed by atoms with Gasteiger partial charge in [0.05, 0.1) is 17.3 Å². The standard InChI is InChI=1S/C13H6F3N3/c14-7-4-8(15)12(9(16)5-7)13-18-6-11-10(19-13)2-1-3-17-11/h1-6H. The second kappa shape index (κ2) is 4.31. The number of halogens is 3. The molecule has 0 saturated heterocycles. The summed E-state index contributed by atoms with van der Waals surface area (Å²) >= 11 is 0. The molecule has 6 heteroatoms. The molecule has 0 atom stereocenters. The summed E-state index contributed by atoms with van der Waals surface area (Å²) in [5.41, 5.74) is 0.511. The van der Waals surface area contributed by atoms with E-state index in [-0.39, 0.29) is 5.82 Å². The number of hydrogen-bond donors (Lipinski definition) is 0. The van der Waals surface area contributed by atoms with Gasteiger partial charge in [-0.1, -0.05) is 0 Å². The van der Waals surface area contributed by atoms with E-state index in [1.165, 1.54) is 6.20 Å². The van der Waals surface area contributed by atoms with Crippen LogP contribution in [0, 0.1) is 17.5 Å². The Kier molecular flexibility index (Phi) is 2.63. The van der Waals surface area contributed by atoms with Crippen molar-refractivity contribution in [3.63, 3.8) is 0 Å². The summed E-state index contributed by atoms with van der Waals surface area (Å²) in [5, 5.41) is 0. The molecule has 2 aromatic heterocycles. The maximum atomic E-state index is 13.6. The summed E-state index contributed by atoms with van der Waals surface area (Å²) < 4.78 is 40.1. The molecule has 3 nitrogen and oxygen atoms in total. The molecule has 94 valence electrons. The molecule has 0 amide bonds. The maximum Gasteiger partial charge on any atom is 0.165 e. The van der Waals surface area contributed by atoms with Gasteiger partial charge >= 0.3 is 0 Å². The molecule has 0 bridgehead atoms. The van der Waals surface area contributed by atoms with E-state index in [0.29, 0.717) is 23.2 Å². The molecule has 0 saturated carbocycles. The van der Waals surface area contributed by atoms with Gasteiger partial charge in [0.15, 0.2) is 5.82 Å². The number of nitrogens with zero attached hydrogens (tertiary/aromatic N) is 3. The minimum Gasteiger partial charge on any atom is -0.253 e. The fourth-order valence-electron chi connectivity index (χ4n) is 1.74. The SMILES string of the molecule is Fc1cc(F)c(-c2ncc3ncccc3n2)c(F)c1. The Hall–Kier alpha value is -2.50. The van der Waals surface area contributed by atoms with Crippen molar-refractivity contribution in [3.05, 3.63) is 54.1 Å². The minimum atomic E-state index is -1.04. The molecule has 3 aromatic rings. The monoisotopic (exact) mass is 261 g/mol. The van der Waals surface area contributed by atoms with E-state index in [4.69, 9.17) is 0 Å². The molecule has 0 unspecified atom stereocenters. The first-order valence-electron chi connectivity index (χ1n) is 5.38. The van der Waals surface area contributed by atoms with Crippen LogP contribution in [0.4, 0.5) is 13.2 Å². The first kappa shape index (κ1) is 11.6. The largest absolute Gasteiger partial charge is 0.253 e. The molecule has 0 radical (unpaired) electrons. The van der Waals surface area contributed by atoms with Crippen LogP contribution in [0.2, 0.25) is 0 Å². The summed E-state index contributed by atoms with van der Waals surface area (Å²) in [7, 11) is 0. The smallest absolute Gasteiger partial charge is 0.165 e. The molecule has 3 rings (SSSR count). The molecule has 0 aliphatic heterocycles. The van der Waals surface area contributed by atoms with E-state index in [9.17, 15) is 13.2 Å². The number of fused-ring (bicyclic) bond motifs is 1. The minimum absolute atomic E-state index is 0.143. The van der Waals surface area contributed by atoms with Crippen LogP contribution in [0.5, 0.6) is 0 Å². The zero-order chi connectivity index (χ0) is 13.4. The van der Waals surface area contributed by atoms with Crippen LogP contribution in [0.1, 0.15) is 0 Å². The zero-order valence-corrected chi connectivity index (χ0v) is 9.44. The first-order chi connectivity index (χ1) is 9.15. The Morgan fingerprint density at radius 3 is 2.37 bits per heavy atom. The van der Waals surface area contributed by atoms with Gasteiger partial charge in [0.2, 0.25) is 0 Å². The summed E-state index contributed by atoms with van der Waals surface area (Å²) in [6.45, 7) is 0. The Labute approximate surface area is 105 Å². The van der Waals surface area contributed by atoms with Crippen LogP contribution < -0.4 is 0 Å². The lowest BCUT2D eigenvalue weighted by atomic mass is 10.1. The molecule has 19 heavy (non-hydrogen) atoms. The van der Waals surface area contributed by atoms with E-state index >= 15 is 0 Å². The van der Waals surface area contributed by atoms with Crippen molar-refractivity contribution < 1.29 is 13.2 Å². The van der Waals surface area contributed by atoms with Crippen LogP contribution in [0.25, 0.3) is 22.4 Å². The summed E-state index contributed by atoms with van der Waals surface area (Å²) in [5.74, 6) is -3.21. The number of aromatic nitrogens is 3. The number of rotatable bonds is 1. The van der Waals surface area contributed by atoms with Gasteiger partial charge in [0, 0.05) is 18.3 Å². The Bertz CT molecular complexity index is 751. The van der Waals surface area contributed by atoms with Crippen LogP contribution in [-0.2, 0) is 0 Å². The summed E-state index contributed by atoms with van der Waals surface area (Å²) in [4.78, 5) is 11.9. The van der Waals surface area contributed by atoms with Crippen LogP contribution in [0.15, 0.2) is 36.7 Å². The number of pyridine rings is 1. The van der Waals surface area contributed by atoms with E-state index < -0.39 is 23.0 Å². The highest BCUT2D eigenvalue weighted by Gasteiger charge is 2.16. The molecule has 2 heterocycles. The van der Waals surface area contributed by atoms with Crippen molar-refractivity contribution in [1.29, 1.82) is 0 Å². The van der Waals surface area contributed by atoms with Crippen molar-refractivity contribution in [2.75, 3.05) is 0 Å². The van der Waals surface area contributed by atoms with Gasteiger partial charge in [-0.05, 0) is 12.1 Å². The molecule has 0 aliphatic carbocycles. The molecule has 0 spiro atoms. The molecule has 0 fully saturated rings. The summed E-state index contributed by atoms with van der Waals surface area (Å²) in [6.07, 6.45) is 2.92. The second-order valence-electron chi connectivity index (χ2n) is 3.85. The topological polar surface area (TPSA) is 38.7 Å². The van der Waals surface area contributed by atoms with E-state index in [2.05, 4.69) is 15.0 Å². The predicted molar refractivity (Wildman–Crippen MR) is 62.6 cm³/mol. The van der Waals surface area contributed by atoms with Crippen LogP contribution in [-0.4, -0.2) is 15.0 Å². The van der Waals surface area contributed by atoms with Gasteiger partial charge in [-0.15, -0.1) is 0 Å². The predicted octanol–water partition coefficient (Wildman–Crippen LogP) is 3.11. The normalized spacial score (nSPS) is 10.9. The average Bonchev–Trinajstić information content (AvgIpc) is 2.37. The fraction of sp³-hybridized carbons (Fsp3) is 0. The molecule has 0 N–H and O–H groups in total. The van der Waals surface area contributed by atoms with Gasteiger partial charge in [-0.25, -0.2) is 23.1 Å². The average molecular weight is 261 g/mol. The van der Waals surface area contributed by atoms with Gasteiger partial charge in [0.25, 0.3) is 0 Å². The number of benzene rings is 1. The molecule has 0 aliphatic rings. The Morgan fingerprint density at radius 2 is 1.63 bits per heavy atom. The Balaban J connectivity index is 2.25. The zero-order valence-electron chi connectivity index (χ0n) is 9.44. The molecular weight excluding hydrogens is 255 g/mol. The second-order valence-corrected chi connectivity index (χ2v) is 3.85. The molecule has 1 aromatic carbocycles. The maximum absolute atomic E-state index is 13.6. The first-order valence-corrected chi connectivity index (χ1v) is 5.38. The van der Waals surface area contributed by atoms with Gasteiger partial charge in [0.1, 0.15) is 23.0 Å². The fourth-order valence-corrected chi connectivity index (χ4v) is 1.74. The lowest BCUT2D eigenvalue weighted by molar-refractivity contribution is 0.547. The third kappa shape index (κ3) is 2.01. The summed E-state index contributed by atoms with van der Waals surface area (Å²) in [6, 6.07) is 4.48. The highest BCUT2D eigenvalue weighted by Crippen LogP contribution is 2.24. The van der Waals surface area contributed by atoms with E-state index in [0.717, 1.165) is 0 Å². The van der Waals surface area contributed by atoms with E-state index in [1.807, 2.05) is 0 Å². The number of hydrogen-bond acceptors (Lipinski definition) is 3. The van der Waals surface area contributed by atoms with Crippen molar-refractivity contribution in [3.8, 4) is 11.4 Å². The third-order valence-electron chi connectivity index (χ3n) is 2.58. The highest BCUT2D eigenvalue weighted by molar-refractivity contribution is 5.75. The van der Waals surface area contributed by atoms with Crippen molar-refractivity contribution >= 4 is 11.0 Å². The van der Waals surface area contributed by atoms with E-state index in [1.54, 1.807) is 18.3 Å².